The molecule has 0 aliphatic heterocycles. The molecule has 0 N–H and O–H groups in total. The van der Waals surface area contributed by atoms with E-state index >= 15 is 0 Å². The molecule has 15 heavy (non-hydrogen) atoms. The first-order valence-electron chi connectivity index (χ1n) is 4.70. The second-order valence-corrected chi connectivity index (χ2v) is 6.45. The Balaban J connectivity index is 1.80. The fourth-order valence-corrected chi connectivity index (χ4v) is 3.37. The standard InChI is InChI=1S/C11H11BrN2Se/c12-10-8-13-14(9-10)6-7-15-11-4-2-1-3-5-11/h1-5,8-9H,6-7H2. The van der Waals surface area contributed by atoms with E-state index in [-0.39, 0.29) is 0 Å². The first kappa shape index (κ1) is 10.9. The third-order valence-electron chi connectivity index (χ3n) is 1.93. The molecule has 1 heterocycles. The number of rotatable bonds is 4. The van der Waals surface area contributed by atoms with Gasteiger partial charge in [-0.15, -0.1) is 0 Å². The second-order valence-electron chi connectivity index (χ2n) is 3.08. The first-order chi connectivity index (χ1) is 7.34. The summed E-state index contributed by atoms with van der Waals surface area (Å²) >= 11 is 3.95. The number of aromatic nitrogens is 2. The molecule has 4 heteroatoms. The van der Waals surface area contributed by atoms with E-state index in [9.17, 15) is 0 Å². The summed E-state index contributed by atoms with van der Waals surface area (Å²) < 4.78 is 4.49. The van der Waals surface area contributed by atoms with Crippen molar-refractivity contribution in [1.82, 2.24) is 9.78 Å². The van der Waals surface area contributed by atoms with Gasteiger partial charge in [-0.05, 0) is 0 Å². The Kier molecular flexibility index (Phi) is 4.01. The number of halogens is 1. The summed E-state index contributed by atoms with van der Waals surface area (Å²) in [5.41, 5.74) is 0. The zero-order valence-electron chi connectivity index (χ0n) is 8.14. The van der Waals surface area contributed by atoms with Crippen molar-refractivity contribution in [2.24, 2.45) is 0 Å². The van der Waals surface area contributed by atoms with Crippen molar-refractivity contribution in [3.63, 3.8) is 0 Å². The van der Waals surface area contributed by atoms with E-state index in [0.717, 1.165) is 11.0 Å². The van der Waals surface area contributed by atoms with Crippen LogP contribution in [0, 0.1) is 0 Å². The fraction of sp³-hybridized carbons (Fsp3) is 0.182. The quantitative estimate of drug-likeness (QED) is 0.785. The number of hydrogen-bond acceptors (Lipinski definition) is 1. The molecule has 0 fully saturated rings. The van der Waals surface area contributed by atoms with Crippen LogP contribution in [0.5, 0.6) is 0 Å². The Bertz CT molecular complexity index is 414. The molecule has 0 saturated carbocycles. The Morgan fingerprint density at radius 3 is 2.73 bits per heavy atom. The van der Waals surface area contributed by atoms with Gasteiger partial charge in [0, 0.05) is 0 Å². The Hall–Kier alpha value is -0.571. The zero-order chi connectivity index (χ0) is 10.5. The van der Waals surface area contributed by atoms with E-state index in [2.05, 4.69) is 51.4 Å². The van der Waals surface area contributed by atoms with Gasteiger partial charge in [0.2, 0.25) is 0 Å². The van der Waals surface area contributed by atoms with Gasteiger partial charge in [0.25, 0.3) is 0 Å². The van der Waals surface area contributed by atoms with E-state index in [1.807, 2.05) is 17.1 Å². The number of benzene rings is 1. The Morgan fingerprint density at radius 1 is 1.27 bits per heavy atom. The molecule has 0 unspecified atom stereocenters. The van der Waals surface area contributed by atoms with Crippen molar-refractivity contribution in [2.75, 3.05) is 0 Å². The van der Waals surface area contributed by atoms with Crippen LogP contribution in [0.25, 0.3) is 0 Å². The van der Waals surface area contributed by atoms with E-state index in [1.54, 1.807) is 0 Å². The van der Waals surface area contributed by atoms with Crippen molar-refractivity contribution < 1.29 is 0 Å². The van der Waals surface area contributed by atoms with Crippen LogP contribution in [0.1, 0.15) is 0 Å². The molecular formula is C11H11BrN2Se. The summed E-state index contributed by atoms with van der Waals surface area (Å²) in [4.78, 5) is 0. The first-order valence-corrected chi connectivity index (χ1v) is 7.56. The number of hydrogen-bond donors (Lipinski definition) is 0. The van der Waals surface area contributed by atoms with Gasteiger partial charge >= 0.3 is 104 Å². The van der Waals surface area contributed by atoms with Crippen molar-refractivity contribution in [3.8, 4) is 0 Å². The van der Waals surface area contributed by atoms with E-state index in [0.29, 0.717) is 15.0 Å². The summed E-state index contributed by atoms with van der Waals surface area (Å²) in [6, 6.07) is 10.6. The molecule has 2 nitrogen and oxygen atoms in total. The molecule has 0 bridgehead atoms. The molecule has 1 aromatic carbocycles. The van der Waals surface area contributed by atoms with Crippen LogP contribution in [-0.2, 0) is 6.54 Å². The SMILES string of the molecule is Brc1cnn(CC[Se]c2ccccc2)c1. The molecule has 0 amide bonds. The maximum absolute atomic E-state index is 4.23. The molecule has 0 saturated heterocycles. The average molecular weight is 330 g/mol. The van der Waals surface area contributed by atoms with E-state index in [1.165, 1.54) is 9.78 Å². The van der Waals surface area contributed by atoms with Crippen LogP contribution in [0.4, 0.5) is 0 Å². The van der Waals surface area contributed by atoms with Crippen LogP contribution in [-0.4, -0.2) is 24.7 Å². The van der Waals surface area contributed by atoms with Gasteiger partial charge in [-0.2, -0.15) is 0 Å². The van der Waals surface area contributed by atoms with E-state index in [4.69, 9.17) is 0 Å². The second kappa shape index (κ2) is 5.50. The van der Waals surface area contributed by atoms with Crippen LogP contribution in [0.2, 0.25) is 5.32 Å². The maximum atomic E-state index is 4.23. The van der Waals surface area contributed by atoms with Crippen LogP contribution in [0.15, 0.2) is 47.2 Å². The monoisotopic (exact) mass is 330 g/mol. The molecule has 2 aromatic rings. The van der Waals surface area contributed by atoms with Gasteiger partial charge in [-0.1, -0.05) is 0 Å². The molecular weight excluding hydrogens is 319 g/mol. The fourth-order valence-electron chi connectivity index (χ4n) is 1.23. The van der Waals surface area contributed by atoms with Crippen LogP contribution < -0.4 is 4.46 Å². The van der Waals surface area contributed by atoms with Crippen molar-refractivity contribution in [1.29, 1.82) is 0 Å². The summed E-state index contributed by atoms with van der Waals surface area (Å²) in [6.07, 6.45) is 3.84. The average Bonchev–Trinajstić information content (AvgIpc) is 2.66. The summed E-state index contributed by atoms with van der Waals surface area (Å²) in [7, 11) is 0. The van der Waals surface area contributed by atoms with Gasteiger partial charge < -0.3 is 0 Å². The molecule has 0 aliphatic carbocycles. The third-order valence-corrected chi connectivity index (χ3v) is 4.43. The normalized spacial score (nSPS) is 10.5. The van der Waals surface area contributed by atoms with Crippen molar-refractivity contribution >= 4 is 35.3 Å². The predicted molar refractivity (Wildman–Crippen MR) is 66.6 cm³/mol. The summed E-state index contributed by atoms with van der Waals surface area (Å²) in [5, 5.41) is 5.41. The topological polar surface area (TPSA) is 17.8 Å². The van der Waals surface area contributed by atoms with Gasteiger partial charge in [0.05, 0.1) is 0 Å². The van der Waals surface area contributed by atoms with Gasteiger partial charge in [0.1, 0.15) is 0 Å². The van der Waals surface area contributed by atoms with Crippen LogP contribution in [0.3, 0.4) is 0 Å². The van der Waals surface area contributed by atoms with Gasteiger partial charge in [-0.3, -0.25) is 0 Å². The molecule has 1 aromatic heterocycles. The van der Waals surface area contributed by atoms with Crippen molar-refractivity contribution in [3.05, 3.63) is 47.2 Å². The predicted octanol–water partition coefficient (Wildman–Crippen LogP) is 2.09. The Labute approximate surface area is 104 Å². The van der Waals surface area contributed by atoms with Crippen LogP contribution >= 0.6 is 15.9 Å². The van der Waals surface area contributed by atoms with Gasteiger partial charge in [0.15, 0.2) is 0 Å². The third kappa shape index (κ3) is 3.49. The molecule has 0 atom stereocenters. The molecule has 0 spiro atoms. The summed E-state index contributed by atoms with van der Waals surface area (Å²) in [5.74, 6) is 0. The summed E-state index contributed by atoms with van der Waals surface area (Å²) in [6.45, 7) is 1.00. The van der Waals surface area contributed by atoms with Crippen molar-refractivity contribution in [2.45, 2.75) is 11.9 Å². The van der Waals surface area contributed by atoms with E-state index < -0.39 is 0 Å². The number of nitrogens with zero attached hydrogens (tertiary/aromatic N) is 2. The zero-order valence-corrected chi connectivity index (χ0v) is 11.4. The Morgan fingerprint density at radius 2 is 2.07 bits per heavy atom. The van der Waals surface area contributed by atoms with Gasteiger partial charge in [-0.25, -0.2) is 0 Å². The minimum absolute atomic E-state index is 0.555. The molecule has 78 valence electrons. The number of aryl methyl sites for hydroxylation is 1. The molecule has 0 aliphatic rings. The molecule has 2 rings (SSSR count). The minimum atomic E-state index is 0.555. The molecule has 0 radical (unpaired) electrons.